The van der Waals surface area contributed by atoms with Gasteiger partial charge in [0.1, 0.15) is 17.1 Å². The molecular weight excluding hydrogens is 454 g/mol. The number of rotatable bonds is 8. The Morgan fingerprint density at radius 2 is 2.06 bits per heavy atom. The first-order valence-corrected chi connectivity index (χ1v) is 11.4. The van der Waals surface area contributed by atoms with E-state index in [1.165, 1.54) is 0 Å². The molecule has 0 aliphatic carbocycles. The molecule has 8 heteroatoms. The molecule has 1 aliphatic rings. The Labute approximate surface area is 204 Å². The lowest BCUT2D eigenvalue weighted by molar-refractivity contribution is 0.0764. The number of aromatic amines is 1. The van der Waals surface area contributed by atoms with Gasteiger partial charge in [0.2, 0.25) is 0 Å². The second-order valence-electron chi connectivity index (χ2n) is 8.74. The number of aromatic hydroxyl groups is 1. The number of methoxy groups -OCH3 is 1. The van der Waals surface area contributed by atoms with E-state index < -0.39 is 6.04 Å². The average molecular weight is 482 g/mol. The van der Waals surface area contributed by atoms with Crippen LogP contribution in [0, 0.1) is 12.8 Å². The van der Waals surface area contributed by atoms with E-state index in [9.17, 15) is 9.90 Å². The number of phenolic OH excluding ortho intramolecular Hbond substituents is 1. The average Bonchev–Trinajstić information content (AvgIpc) is 3.34. The molecule has 2 aromatic carbocycles. The van der Waals surface area contributed by atoms with Crippen molar-refractivity contribution in [2.75, 3.05) is 20.3 Å². The van der Waals surface area contributed by atoms with Crippen molar-refractivity contribution in [3.05, 3.63) is 70.4 Å². The minimum atomic E-state index is -0.471. The number of aryl methyl sites for hydroxylation is 1. The first-order valence-electron chi connectivity index (χ1n) is 11.1. The molecule has 0 fully saturated rings. The summed E-state index contributed by atoms with van der Waals surface area (Å²) in [5, 5.41) is 18.4. The summed E-state index contributed by atoms with van der Waals surface area (Å²) < 4.78 is 11.5. The summed E-state index contributed by atoms with van der Waals surface area (Å²) in [4.78, 5) is 15.0. The van der Waals surface area contributed by atoms with Gasteiger partial charge in [-0.15, -0.1) is 6.58 Å². The van der Waals surface area contributed by atoms with Crippen LogP contribution in [0.1, 0.15) is 47.1 Å². The Bertz CT molecular complexity index is 1250. The summed E-state index contributed by atoms with van der Waals surface area (Å²) in [5.41, 5.74) is 3.53. The standard InChI is InChI=1S/C26H28ClN3O4/c1-6-9-30-25(16-7-8-20(21(11-16)33-5)34-13-14(2)3)22-23(28-29-24(22)26(30)32)17-12-18(27)15(4)10-19(17)31/h6-8,10-12,14,25,31H,1,9,13H2,2-5H3,(H,28,29). The highest BCUT2D eigenvalue weighted by Gasteiger charge is 2.42. The van der Waals surface area contributed by atoms with E-state index in [-0.39, 0.29) is 11.7 Å². The Morgan fingerprint density at radius 3 is 2.74 bits per heavy atom. The van der Waals surface area contributed by atoms with Crippen molar-refractivity contribution < 1.29 is 19.4 Å². The number of hydrogen-bond acceptors (Lipinski definition) is 5. The van der Waals surface area contributed by atoms with Crippen LogP contribution in [0.5, 0.6) is 17.2 Å². The second kappa shape index (κ2) is 9.43. The van der Waals surface area contributed by atoms with E-state index in [0.717, 1.165) is 11.1 Å². The number of ether oxygens (including phenoxy) is 2. The molecule has 0 spiro atoms. The minimum Gasteiger partial charge on any atom is -0.507 e. The first-order chi connectivity index (χ1) is 16.3. The fraction of sp³-hybridized carbons (Fsp3) is 0.308. The van der Waals surface area contributed by atoms with Crippen LogP contribution in [0.4, 0.5) is 0 Å². The van der Waals surface area contributed by atoms with Gasteiger partial charge in [-0.1, -0.05) is 37.6 Å². The smallest absolute Gasteiger partial charge is 0.273 e. The molecule has 1 aromatic heterocycles. The van der Waals surface area contributed by atoms with Gasteiger partial charge in [-0.25, -0.2) is 0 Å². The van der Waals surface area contributed by atoms with Crippen LogP contribution in [0.2, 0.25) is 5.02 Å². The molecule has 1 aliphatic heterocycles. The number of H-pyrrole nitrogens is 1. The number of hydrogen-bond donors (Lipinski definition) is 2. The molecular formula is C26H28ClN3O4. The van der Waals surface area contributed by atoms with Crippen molar-refractivity contribution >= 4 is 17.5 Å². The second-order valence-corrected chi connectivity index (χ2v) is 9.15. The third-order valence-electron chi connectivity index (χ3n) is 5.80. The Morgan fingerprint density at radius 1 is 1.29 bits per heavy atom. The summed E-state index contributed by atoms with van der Waals surface area (Å²) in [6.45, 7) is 10.7. The molecule has 1 atom stereocenters. The maximum Gasteiger partial charge on any atom is 0.273 e. The molecule has 7 nitrogen and oxygen atoms in total. The van der Waals surface area contributed by atoms with Gasteiger partial charge in [0.15, 0.2) is 11.5 Å². The van der Waals surface area contributed by atoms with Crippen LogP contribution >= 0.6 is 11.6 Å². The molecule has 0 bridgehead atoms. The van der Waals surface area contributed by atoms with Crippen LogP contribution in [0.3, 0.4) is 0 Å². The molecule has 0 saturated heterocycles. The first kappa shape index (κ1) is 23.7. The molecule has 2 N–H and O–H groups in total. The zero-order valence-corrected chi connectivity index (χ0v) is 20.4. The molecule has 178 valence electrons. The highest BCUT2D eigenvalue weighted by Crippen LogP contribution is 2.46. The monoisotopic (exact) mass is 481 g/mol. The van der Waals surface area contributed by atoms with Crippen molar-refractivity contribution in [3.8, 4) is 28.5 Å². The van der Waals surface area contributed by atoms with E-state index in [0.29, 0.717) is 58.1 Å². The number of phenols is 1. The molecule has 4 rings (SSSR count). The van der Waals surface area contributed by atoms with E-state index in [1.807, 2.05) is 25.1 Å². The summed E-state index contributed by atoms with van der Waals surface area (Å²) in [6, 6.07) is 8.43. The number of amides is 1. The fourth-order valence-corrected chi connectivity index (χ4v) is 4.33. The molecule has 2 heterocycles. The summed E-state index contributed by atoms with van der Waals surface area (Å²) in [6.07, 6.45) is 1.68. The van der Waals surface area contributed by atoms with Gasteiger partial charge in [0.25, 0.3) is 5.91 Å². The number of aromatic nitrogens is 2. The zero-order valence-electron chi connectivity index (χ0n) is 19.7. The quantitative estimate of drug-likeness (QED) is 0.414. The largest absolute Gasteiger partial charge is 0.507 e. The maximum atomic E-state index is 13.3. The summed E-state index contributed by atoms with van der Waals surface area (Å²) in [7, 11) is 1.59. The van der Waals surface area contributed by atoms with Crippen LogP contribution < -0.4 is 9.47 Å². The number of nitrogens with one attached hydrogen (secondary N) is 1. The van der Waals surface area contributed by atoms with Crippen molar-refractivity contribution in [2.24, 2.45) is 5.92 Å². The van der Waals surface area contributed by atoms with Crippen LogP contribution in [-0.4, -0.2) is 46.4 Å². The van der Waals surface area contributed by atoms with Crippen molar-refractivity contribution in [2.45, 2.75) is 26.8 Å². The summed E-state index contributed by atoms with van der Waals surface area (Å²) in [5.74, 6) is 1.42. The van der Waals surface area contributed by atoms with E-state index in [2.05, 4.69) is 30.6 Å². The number of carbonyl (C=O) groups is 1. The number of carbonyl (C=O) groups excluding carboxylic acids is 1. The predicted molar refractivity (Wildman–Crippen MR) is 132 cm³/mol. The highest BCUT2D eigenvalue weighted by atomic mass is 35.5. The minimum absolute atomic E-state index is 0.0413. The molecule has 0 saturated carbocycles. The summed E-state index contributed by atoms with van der Waals surface area (Å²) >= 11 is 6.35. The Kier molecular flexibility index (Phi) is 6.57. The van der Waals surface area contributed by atoms with Gasteiger partial charge in [-0.3, -0.25) is 9.89 Å². The predicted octanol–water partition coefficient (Wildman–Crippen LogP) is 5.52. The zero-order chi connectivity index (χ0) is 24.6. The van der Waals surface area contributed by atoms with Crippen LogP contribution in [0.15, 0.2) is 43.0 Å². The third kappa shape index (κ3) is 4.12. The van der Waals surface area contributed by atoms with E-state index in [4.69, 9.17) is 21.1 Å². The van der Waals surface area contributed by atoms with Gasteiger partial charge in [-0.05, 0) is 48.2 Å². The van der Waals surface area contributed by atoms with E-state index >= 15 is 0 Å². The van der Waals surface area contributed by atoms with Gasteiger partial charge in [0.05, 0.1) is 19.8 Å². The Hall–Kier alpha value is -3.45. The van der Waals surface area contributed by atoms with Crippen molar-refractivity contribution in [3.63, 3.8) is 0 Å². The van der Waals surface area contributed by atoms with Gasteiger partial charge in [0, 0.05) is 22.7 Å². The number of fused-ring (bicyclic) bond motifs is 1. The van der Waals surface area contributed by atoms with Gasteiger partial charge < -0.3 is 19.5 Å². The maximum absolute atomic E-state index is 13.3. The topological polar surface area (TPSA) is 87.7 Å². The highest BCUT2D eigenvalue weighted by molar-refractivity contribution is 6.31. The number of halogens is 1. The van der Waals surface area contributed by atoms with E-state index in [1.54, 1.807) is 30.2 Å². The molecule has 34 heavy (non-hydrogen) atoms. The fourth-order valence-electron chi connectivity index (χ4n) is 4.16. The lowest BCUT2D eigenvalue weighted by Crippen LogP contribution is -2.29. The van der Waals surface area contributed by atoms with Crippen molar-refractivity contribution in [1.82, 2.24) is 15.1 Å². The SMILES string of the molecule is C=CCN1C(=O)c2[nH]nc(-c3cc(Cl)c(C)cc3O)c2C1c1ccc(OCC(C)C)c(OC)c1. The van der Waals surface area contributed by atoms with Crippen LogP contribution in [0.25, 0.3) is 11.3 Å². The van der Waals surface area contributed by atoms with Gasteiger partial charge >= 0.3 is 0 Å². The molecule has 1 unspecified atom stereocenters. The number of nitrogens with zero attached hydrogens (tertiary/aromatic N) is 2. The lowest BCUT2D eigenvalue weighted by Gasteiger charge is -2.26. The van der Waals surface area contributed by atoms with Crippen molar-refractivity contribution in [1.29, 1.82) is 0 Å². The lowest BCUT2D eigenvalue weighted by atomic mass is 9.95. The molecule has 0 radical (unpaired) electrons. The normalized spacial score (nSPS) is 15.1. The van der Waals surface area contributed by atoms with Crippen LogP contribution in [-0.2, 0) is 0 Å². The van der Waals surface area contributed by atoms with Gasteiger partial charge in [-0.2, -0.15) is 5.10 Å². The third-order valence-corrected chi connectivity index (χ3v) is 6.20. The number of benzene rings is 2. The molecule has 3 aromatic rings. The Balaban J connectivity index is 1.86. The molecule has 1 amide bonds.